The summed E-state index contributed by atoms with van der Waals surface area (Å²) >= 11 is 1.35. The number of carbonyl (C=O) groups excluding carboxylic acids is 1. The predicted molar refractivity (Wildman–Crippen MR) is 121 cm³/mol. The number of likely N-dealkylation sites (tertiary alicyclic amines) is 1. The second-order valence-electron chi connectivity index (χ2n) is 9.18. The zero-order chi connectivity index (χ0) is 22.6. The lowest BCUT2D eigenvalue weighted by Gasteiger charge is -2.22. The molecule has 32 heavy (non-hydrogen) atoms. The summed E-state index contributed by atoms with van der Waals surface area (Å²) in [6.45, 7) is 9.12. The van der Waals surface area contributed by atoms with Gasteiger partial charge in [0.2, 0.25) is 5.88 Å². The van der Waals surface area contributed by atoms with Crippen LogP contribution in [0.4, 0.5) is 0 Å². The van der Waals surface area contributed by atoms with E-state index in [0.717, 1.165) is 17.0 Å². The number of hydrogen-bond donors (Lipinski definition) is 1. The minimum Gasteiger partial charge on any atom is -0.474 e. The van der Waals surface area contributed by atoms with Gasteiger partial charge in [-0.05, 0) is 45.4 Å². The summed E-state index contributed by atoms with van der Waals surface area (Å²) < 4.78 is 6.20. The van der Waals surface area contributed by atoms with Gasteiger partial charge in [-0.3, -0.25) is 4.79 Å². The Hall–Kier alpha value is -2.91. The van der Waals surface area contributed by atoms with Gasteiger partial charge in [0.15, 0.2) is 10.8 Å². The van der Waals surface area contributed by atoms with Gasteiger partial charge in [-0.15, -0.1) is 11.3 Å². The number of amides is 1. The maximum absolute atomic E-state index is 13.1. The molecule has 3 atom stereocenters. The molecule has 1 aliphatic heterocycles. The van der Waals surface area contributed by atoms with Crippen LogP contribution in [0.2, 0.25) is 0 Å². The van der Waals surface area contributed by atoms with E-state index in [0.29, 0.717) is 46.5 Å². The van der Waals surface area contributed by atoms with Gasteiger partial charge >= 0.3 is 0 Å². The Labute approximate surface area is 190 Å². The molecule has 8 nitrogen and oxygen atoms in total. The number of carbonyl (C=O) groups is 1. The first kappa shape index (κ1) is 21.0. The summed E-state index contributed by atoms with van der Waals surface area (Å²) in [5.74, 6) is 1.85. The van der Waals surface area contributed by atoms with Crippen molar-refractivity contribution in [2.75, 3.05) is 13.1 Å². The number of hydrogen-bond acceptors (Lipinski definition) is 8. The molecule has 166 valence electrons. The molecule has 2 fully saturated rings. The largest absolute Gasteiger partial charge is 0.474 e. The molecule has 5 rings (SSSR count). The van der Waals surface area contributed by atoms with E-state index in [-0.39, 0.29) is 12.0 Å². The highest BCUT2D eigenvalue weighted by Gasteiger charge is 2.59. The Morgan fingerprint density at radius 3 is 2.50 bits per heavy atom. The van der Waals surface area contributed by atoms with Crippen molar-refractivity contribution in [2.24, 2.45) is 17.6 Å². The van der Waals surface area contributed by atoms with Crippen LogP contribution in [0.3, 0.4) is 0 Å². The zero-order valence-electron chi connectivity index (χ0n) is 18.6. The van der Waals surface area contributed by atoms with Gasteiger partial charge in [0.25, 0.3) is 5.91 Å². The highest BCUT2D eigenvalue weighted by atomic mass is 32.1. The third-order valence-corrected chi connectivity index (χ3v) is 7.22. The normalized spacial score (nSPS) is 22.0. The zero-order valence-corrected chi connectivity index (χ0v) is 19.4. The van der Waals surface area contributed by atoms with Crippen LogP contribution >= 0.6 is 11.3 Å². The van der Waals surface area contributed by atoms with Gasteiger partial charge in [-0.1, -0.05) is 0 Å². The lowest BCUT2D eigenvalue weighted by Crippen LogP contribution is -2.33. The van der Waals surface area contributed by atoms with E-state index in [2.05, 4.69) is 19.9 Å². The molecule has 2 N–H and O–H groups in total. The number of piperidine rings is 1. The van der Waals surface area contributed by atoms with Gasteiger partial charge in [0, 0.05) is 54.6 Å². The van der Waals surface area contributed by atoms with Crippen molar-refractivity contribution in [2.45, 2.75) is 39.3 Å². The molecule has 9 heteroatoms. The molecule has 1 aliphatic carbocycles. The molecule has 1 unspecified atom stereocenters. The van der Waals surface area contributed by atoms with Crippen molar-refractivity contribution < 1.29 is 9.53 Å². The number of aryl methyl sites for hydroxylation is 2. The first-order chi connectivity index (χ1) is 15.2. The van der Waals surface area contributed by atoms with Crippen LogP contribution in [-0.4, -0.2) is 49.9 Å². The van der Waals surface area contributed by atoms with Crippen LogP contribution in [0.1, 0.15) is 40.5 Å². The Balaban J connectivity index is 1.24. The molecule has 2 aliphatic rings. The van der Waals surface area contributed by atoms with E-state index in [1.165, 1.54) is 11.3 Å². The fourth-order valence-corrected chi connectivity index (χ4v) is 5.25. The third kappa shape index (κ3) is 3.86. The number of pyridine rings is 1. The first-order valence-electron chi connectivity index (χ1n) is 10.7. The number of fused-ring (bicyclic) bond motifs is 1. The summed E-state index contributed by atoms with van der Waals surface area (Å²) in [4.78, 5) is 33.2. The Kier molecular flexibility index (Phi) is 4.98. The van der Waals surface area contributed by atoms with Crippen LogP contribution in [0.25, 0.3) is 10.8 Å². The summed E-state index contributed by atoms with van der Waals surface area (Å²) in [6, 6.07) is 5.68. The van der Waals surface area contributed by atoms with E-state index in [4.69, 9.17) is 10.5 Å². The number of aromatic nitrogens is 4. The van der Waals surface area contributed by atoms with Crippen molar-refractivity contribution in [1.29, 1.82) is 0 Å². The van der Waals surface area contributed by atoms with Crippen LogP contribution in [-0.2, 0) is 5.54 Å². The quantitative estimate of drug-likeness (QED) is 0.637. The topological polar surface area (TPSA) is 107 Å². The van der Waals surface area contributed by atoms with E-state index in [9.17, 15) is 4.79 Å². The van der Waals surface area contributed by atoms with Crippen molar-refractivity contribution in [1.82, 2.24) is 24.8 Å². The smallest absolute Gasteiger partial charge is 0.265 e. The standard InChI is InChI=1S/C23H26N6O2S/c1-12-8-14(23(3,4)24)9-17(27-12)31-18-15-10-29(11-16(15)18)22(30)19-13(2)28-21(32-19)20-25-6-5-7-26-20/h5-9,15-16,18H,10-11,24H2,1-4H3/t15-,16+,18?. The van der Waals surface area contributed by atoms with Crippen LogP contribution < -0.4 is 10.5 Å². The summed E-state index contributed by atoms with van der Waals surface area (Å²) in [5.41, 5.74) is 8.40. The fourth-order valence-electron chi connectivity index (χ4n) is 4.27. The lowest BCUT2D eigenvalue weighted by molar-refractivity contribution is 0.0755. The molecule has 0 spiro atoms. The Bertz CT molecular complexity index is 1160. The van der Waals surface area contributed by atoms with Crippen molar-refractivity contribution in [3.8, 4) is 16.7 Å². The molecule has 1 amide bonds. The molecule has 3 aromatic heterocycles. The number of thiazole rings is 1. The van der Waals surface area contributed by atoms with Crippen LogP contribution in [0.5, 0.6) is 5.88 Å². The number of nitrogens with zero attached hydrogens (tertiary/aromatic N) is 5. The molecular formula is C23H26N6O2S. The van der Waals surface area contributed by atoms with E-state index in [1.807, 2.05) is 44.7 Å². The molecule has 1 saturated heterocycles. The summed E-state index contributed by atoms with van der Waals surface area (Å²) in [5, 5.41) is 0.668. The Morgan fingerprint density at radius 1 is 1.16 bits per heavy atom. The molecule has 1 saturated carbocycles. The average Bonchev–Trinajstić information content (AvgIpc) is 3.09. The van der Waals surface area contributed by atoms with Gasteiger partial charge in [0.1, 0.15) is 11.0 Å². The highest BCUT2D eigenvalue weighted by molar-refractivity contribution is 7.17. The second kappa shape index (κ2) is 7.60. The van der Waals surface area contributed by atoms with Crippen molar-refractivity contribution >= 4 is 17.2 Å². The lowest BCUT2D eigenvalue weighted by atomic mass is 9.96. The average molecular weight is 451 g/mol. The SMILES string of the molecule is Cc1cc(C(C)(C)N)cc(OC2[C@H]3CN(C(=O)c4sc(-c5ncccn5)nc4C)C[C@@H]23)n1. The van der Waals surface area contributed by atoms with Gasteiger partial charge in [-0.25, -0.2) is 19.9 Å². The predicted octanol–water partition coefficient (Wildman–Crippen LogP) is 2.96. The number of ether oxygens (including phenoxy) is 1. The molecule has 3 aromatic rings. The molecule has 0 bridgehead atoms. The van der Waals surface area contributed by atoms with Crippen molar-refractivity contribution in [3.63, 3.8) is 0 Å². The number of nitrogens with two attached hydrogens (primary N) is 1. The van der Waals surface area contributed by atoms with Crippen LogP contribution in [0, 0.1) is 25.7 Å². The van der Waals surface area contributed by atoms with Crippen LogP contribution in [0.15, 0.2) is 30.6 Å². The Morgan fingerprint density at radius 2 is 1.84 bits per heavy atom. The second-order valence-corrected chi connectivity index (χ2v) is 10.2. The minimum absolute atomic E-state index is 0.0222. The van der Waals surface area contributed by atoms with E-state index in [1.54, 1.807) is 18.5 Å². The fraction of sp³-hybridized carbons (Fsp3) is 0.435. The number of rotatable bonds is 5. The first-order valence-corrected chi connectivity index (χ1v) is 11.5. The monoisotopic (exact) mass is 450 g/mol. The van der Waals surface area contributed by atoms with Crippen molar-refractivity contribution in [3.05, 3.63) is 52.4 Å². The van der Waals surface area contributed by atoms with E-state index < -0.39 is 5.54 Å². The molecular weight excluding hydrogens is 424 g/mol. The van der Waals surface area contributed by atoms with Gasteiger partial charge in [-0.2, -0.15) is 0 Å². The minimum atomic E-state index is -0.454. The third-order valence-electron chi connectivity index (χ3n) is 6.08. The summed E-state index contributed by atoms with van der Waals surface area (Å²) in [7, 11) is 0. The van der Waals surface area contributed by atoms with E-state index >= 15 is 0 Å². The molecule has 0 radical (unpaired) electrons. The highest BCUT2D eigenvalue weighted by Crippen LogP contribution is 2.48. The van der Waals surface area contributed by atoms with Gasteiger partial charge < -0.3 is 15.4 Å². The maximum Gasteiger partial charge on any atom is 0.265 e. The molecule has 4 heterocycles. The molecule has 0 aromatic carbocycles. The van der Waals surface area contributed by atoms with Gasteiger partial charge in [0.05, 0.1) is 5.69 Å². The summed E-state index contributed by atoms with van der Waals surface area (Å²) in [6.07, 6.45) is 3.45. The maximum atomic E-state index is 13.1.